The van der Waals surface area contributed by atoms with Gasteiger partial charge in [0.15, 0.2) is 0 Å². The van der Waals surface area contributed by atoms with Crippen LogP contribution in [-0.2, 0) is 5.41 Å². The molecule has 13 aromatic carbocycles. The first-order chi connectivity index (χ1) is 41.4. The monoisotopic (exact) mass is 1070 g/mol. The average molecular weight is 1070 g/mol. The molecule has 0 bridgehead atoms. The maximum absolute atomic E-state index is 2.45. The number of aromatic nitrogens is 2. The molecule has 0 atom stereocenters. The summed E-state index contributed by atoms with van der Waals surface area (Å²) in [7, 11) is 0. The fourth-order valence-corrected chi connectivity index (χ4v) is 13.5. The summed E-state index contributed by atoms with van der Waals surface area (Å²) in [5.41, 5.74) is 27.5. The largest absolute Gasteiger partial charge is 0.310 e. The Labute approximate surface area is 489 Å². The molecule has 15 aromatic rings. The molecule has 0 radical (unpaired) electrons. The van der Waals surface area contributed by atoms with Crippen LogP contribution in [0.4, 0.5) is 17.1 Å². The normalized spacial score (nSPS) is 12.5. The van der Waals surface area contributed by atoms with Crippen molar-refractivity contribution in [1.29, 1.82) is 0 Å². The van der Waals surface area contributed by atoms with Crippen molar-refractivity contribution in [2.45, 2.75) is 19.3 Å². The van der Waals surface area contributed by atoms with E-state index in [1.807, 2.05) is 0 Å². The van der Waals surface area contributed by atoms with Gasteiger partial charge in [0.25, 0.3) is 0 Å². The van der Waals surface area contributed by atoms with E-state index < -0.39 is 0 Å². The maximum Gasteiger partial charge on any atom is 0.0547 e. The van der Waals surface area contributed by atoms with Crippen molar-refractivity contribution < 1.29 is 0 Å². The van der Waals surface area contributed by atoms with Crippen LogP contribution in [0, 0.1) is 0 Å². The summed E-state index contributed by atoms with van der Waals surface area (Å²) < 4.78 is 4.78. The lowest BCUT2D eigenvalue weighted by Gasteiger charge is -2.28. The number of anilines is 3. The molecule has 2 heterocycles. The van der Waals surface area contributed by atoms with Gasteiger partial charge in [0.2, 0.25) is 0 Å². The first-order valence-corrected chi connectivity index (χ1v) is 29.1. The van der Waals surface area contributed by atoms with Crippen LogP contribution in [0.25, 0.3) is 122 Å². The van der Waals surface area contributed by atoms with Gasteiger partial charge in [-0.05, 0) is 175 Å². The first-order valence-electron chi connectivity index (χ1n) is 29.1. The summed E-state index contributed by atoms with van der Waals surface area (Å²) in [6, 6.07) is 114. The lowest BCUT2D eigenvalue weighted by atomic mass is 9.81. The van der Waals surface area contributed by atoms with Gasteiger partial charge in [-0.25, -0.2) is 0 Å². The van der Waals surface area contributed by atoms with Crippen LogP contribution in [0.15, 0.2) is 309 Å². The number of rotatable bonds is 10. The zero-order valence-electron chi connectivity index (χ0n) is 46.8. The van der Waals surface area contributed by atoms with Gasteiger partial charge in [-0.2, -0.15) is 0 Å². The quantitative estimate of drug-likeness (QED) is 0.133. The molecular weight excluding hydrogens is 1010 g/mol. The van der Waals surface area contributed by atoms with Crippen molar-refractivity contribution in [3.05, 3.63) is 321 Å². The smallest absolute Gasteiger partial charge is 0.0547 e. The number of hydrogen-bond donors (Lipinski definition) is 0. The van der Waals surface area contributed by atoms with Crippen molar-refractivity contribution in [2.75, 3.05) is 4.90 Å². The third-order valence-corrected chi connectivity index (χ3v) is 17.8. The standard InChI is InChI=1S/C81H57N3/c1-81(2)75-51-62(63-39-47-73-71-22-12-14-24-77(71)84(80(73)52-63)65-20-10-5-11-21-65)38-46-69(75)70-48-45-68(53-76(70)81)82(66-41-34-58(35-42-66)56-28-26-55(27-29-56)54-16-6-3-7-17-54)67-43-36-59(37-44-67)57-30-32-60(33-31-57)61-40-49-79-74(50-61)72-23-13-15-25-78(72)83(79)64-18-8-4-9-19-64/h3-53H,1-2H3. The number of hydrogen-bond acceptors (Lipinski definition) is 1. The van der Waals surface area contributed by atoms with Crippen LogP contribution < -0.4 is 4.90 Å². The number of fused-ring (bicyclic) bond motifs is 9. The lowest BCUT2D eigenvalue weighted by molar-refractivity contribution is 0.660. The summed E-state index contributed by atoms with van der Waals surface area (Å²) in [5.74, 6) is 0. The van der Waals surface area contributed by atoms with Gasteiger partial charge < -0.3 is 14.0 Å². The zero-order chi connectivity index (χ0) is 55.9. The van der Waals surface area contributed by atoms with E-state index in [0.717, 1.165) is 22.7 Å². The highest BCUT2D eigenvalue weighted by Crippen LogP contribution is 2.52. The molecule has 0 fully saturated rings. The Bertz CT molecular complexity index is 4970. The molecule has 1 aliphatic rings. The number of para-hydroxylation sites is 4. The predicted octanol–water partition coefficient (Wildman–Crippen LogP) is 22.0. The molecule has 2 aromatic heterocycles. The van der Waals surface area contributed by atoms with Crippen LogP contribution in [0.3, 0.4) is 0 Å². The number of nitrogens with zero attached hydrogens (tertiary/aromatic N) is 3. The molecule has 0 amide bonds. The van der Waals surface area contributed by atoms with E-state index in [1.165, 1.54) is 127 Å². The molecule has 84 heavy (non-hydrogen) atoms. The highest BCUT2D eigenvalue weighted by Gasteiger charge is 2.36. The van der Waals surface area contributed by atoms with E-state index in [0.29, 0.717) is 0 Å². The van der Waals surface area contributed by atoms with Crippen LogP contribution >= 0.6 is 0 Å². The molecule has 0 spiro atoms. The van der Waals surface area contributed by atoms with Gasteiger partial charge in [-0.15, -0.1) is 0 Å². The minimum Gasteiger partial charge on any atom is -0.310 e. The second-order valence-electron chi connectivity index (χ2n) is 22.9. The fraction of sp³-hybridized carbons (Fsp3) is 0.0370. The SMILES string of the molecule is CC1(C)c2cc(-c3ccc4c5ccccc5n(-c5ccccc5)c4c3)ccc2-c2ccc(N(c3ccc(-c4ccc(-c5ccccc5)cc4)cc3)c3ccc(-c4ccc(-c5ccc6c(c5)c5ccccc5n6-c5ccccc5)cc4)cc3)cc21. The van der Waals surface area contributed by atoms with Gasteiger partial charge in [0.05, 0.1) is 22.1 Å². The highest BCUT2D eigenvalue weighted by molar-refractivity contribution is 6.11. The van der Waals surface area contributed by atoms with Crippen molar-refractivity contribution >= 4 is 60.7 Å². The average Bonchev–Trinajstić information content (AvgIpc) is 4.30. The van der Waals surface area contributed by atoms with E-state index in [9.17, 15) is 0 Å². The van der Waals surface area contributed by atoms with Crippen molar-refractivity contribution in [2.24, 2.45) is 0 Å². The van der Waals surface area contributed by atoms with Gasteiger partial charge in [0, 0.05) is 55.4 Å². The molecule has 0 N–H and O–H groups in total. The van der Waals surface area contributed by atoms with Gasteiger partial charge in [-0.3, -0.25) is 0 Å². The molecule has 16 rings (SSSR count). The van der Waals surface area contributed by atoms with Crippen molar-refractivity contribution in [1.82, 2.24) is 9.13 Å². The summed E-state index contributed by atoms with van der Waals surface area (Å²) >= 11 is 0. The second kappa shape index (κ2) is 19.8. The zero-order valence-corrected chi connectivity index (χ0v) is 46.8. The molecule has 3 nitrogen and oxygen atoms in total. The van der Waals surface area contributed by atoms with Gasteiger partial charge in [0.1, 0.15) is 0 Å². The summed E-state index contributed by atoms with van der Waals surface area (Å²) in [6.07, 6.45) is 0. The molecule has 0 aliphatic heterocycles. The lowest BCUT2D eigenvalue weighted by Crippen LogP contribution is -2.16. The minimum absolute atomic E-state index is 0.260. The third-order valence-electron chi connectivity index (χ3n) is 17.8. The van der Waals surface area contributed by atoms with E-state index in [1.54, 1.807) is 0 Å². The molecule has 0 unspecified atom stereocenters. The van der Waals surface area contributed by atoms with Gasteiger partial charge in [-0.1, -0.05) is 226 Å². The first kappa shape index (κ1) is 49.1. The van der Waals surface area contributed by atoms with Crippen LogP contribution in [0.5, 0.6) is 0 Å². The second-order valence-corrected chi connectivity index (χ2v) is 22.9. The van der Waals surface area contributed by atoms with E-state index >= 15 is 0 Å². The van der Waals surface area contributed by atoms with E-state index in [-0.39, 0.29) is 5.41 Å². The Morgan fingerprint density at radius 1 is 0.238 bits per heavy atom. The summed E-state index contributed by atoms with van der Waals surface area (Å²) in [6.45, 7) is 4.79. The molecule has 396 valence electrons. The van der Waals surface area contributed by atoms with Crippen LogP contribution in [0.1, 0.15) is 25.0 Å². The third kappa shape index (κ3) is 8.19. The van der Waals surface area contributed by atoms with E-state index in [4.69, 9.17) is 0 Å². The van der Waals surface area contributed by atoms with Crippen molar-refractivity contribution in [3.8, 4) is 78.1 Å². The summed E-state index contributed by atoms with van der Waals surface area (Å²) in [4.78, 5) is 2.42. The fourth-order valence-electron chi connectivity index (χ4n) is 13.5. The molecular formula is C81H57N3. The molecule has 0 saturated carbocycles. The Kier molecular flexibility index (Phi) is 11.6. The van der Waals surface area contributed by atoms with Crippen molar-refractivity contribution in [3.63, 3.8) is 0 Å². The Morgan fingerprint density at radius 3 is 1.14 bits per heavy atom. The van der Waals surface area contributed by atoms with E-state index in [2.05, 4.69) is 337 Å². The Balaban J connectivity index is 0.736. The molecule has 1 aliphatic carbocycles. The topological polar surface area (TPSA) is 13.1 Å². The van der Waals surface area contributed by atoms with Gasteiger partial charge >= 0.3 is 0 Å². The Morgan fingerprint density at radius 2 is 0.583 bits per heavy atom. The molecule has 0 saturated heterocycles. The van der Waals surface area contributed by atoms with Crippen LogP contribution in [-0.4, -0.2) is 9.13 Å². The maximum atomic E-state index is 2.45. The number of benzene rings is 13. The predicted molar refractivity (Wildman–Crippen MR) is 355 cm³/mol. The highest BCUT2D eigenvalue weighted by atomic mass is 15.1. The minimum atomic E-state index is -0.260. The summed E-state index contributed by atoms with van der Waals surface area (Å²) in [5, 5.41) is 5.03. The van der Waals surface area contributed by atoms with Crippen LogP contribution in [0.2, 0.25) is 0 Å². The molecule has 3 heteroatoms. The Hall–Kier alpha value is -10.7.